The Morgan fingerprint density at radius 3 is 2.50 bits per heavy atom. The van der Waals surface area contributed by atoms with Crippen molar-refractivity contribution < 1.29 is 13.2 Å². The average molecular weight is 427 g/mol. The molecule has 0 unspecified atom stereocenters. The molecule has 158 valence electrons. The van der Waals surface area contributed by atoms with E-state index in [4.69, 9.17) is 10.3 Å². The minimum Gasteiger partial charge on any atom is -0.273 e. The van der Waals surface area contributed by atoms with Gasteiger partial charge in [0.2, 0.25) is 15.9 Å². The minimum absolute atomic E-state index is 0.0397. The summed E-state index contributed by atoms with van der Waals surface area (Å²) in [4.78, 5) is 17.8. The van der Waals surface area contributed by atoms with E-state index in [2.05, 4.69) is 0 Å². The maximum Gasteiger partial charge on any atom is 0.247 e. The number of aryl methyl sites for hydroxylation is 1. The molecule has 8 heteroatoms. The lowest BCUT2D eigenvalue weighted by Gasteiger charge is -2.19. The number of likely N-dealkylation sites (N-methyl/N-ethyl adjacent to an activating group) is 1. The third kappa shape index (κ3) is 5.04. The maximum atomic E-state index is 13.0. The molecule has 3 rings (SSSR count). The average Bonchev–Trinajstić information content (AvgIpc) is 2.74. The van der Waals surface area contributed by atoms with Gasteiger partial charge in [-0.25, -0.2) is 8.42 Å². The highest BCUT2D eigenvalue weighted by molar-refractivity contribution is 7.89. The molecular weight excluding hydrogens is 400 g/mol. The number of carbonyl (C=O) groups is 1. The molecule has 2 aromatic rings. The molecule has 0 spiro atoms. The summed E-state index contributed by atoms with van der Waals surface area (Å²) in [6.45, 7) is 1.62. The molecular formula is C22H26N4O3S. The van der Waals surface area contributed by atoms with Gasteiger partial charge in [-0.15, -0.1) is 0 Å². The summed E-state index contributed by atoms with van der Waals surface area (Å²) < 4.78 is 28.1. The van der Waals surface area contributed by atoms with Crippen LogP contribution in [-0.2, 0) is 10.0 Å². The SMILES string of the molecule is Cc1ccn(C(=O)CN(C)S(=O)(=O)c2ccc(C#N)cc2)c(=NC2CCCCC2)c1. The van der Waals surface area contributed by atoms with Crippen molar-refractivity contribution in [2.24, 2.45) is 4.99 Å². The zero-order chi connectivity index (χ0) is 21.7. The van der Waals surface area contributed by atoms with Crippen molar-refractivity contribution in [1.29, 1.82) is 5.26 Å². The standard InChI is InChI=1S/C22H26N4O3S/c1-17-12-13-26(21(14-17)24-19-6-4-3-5-7-19)22(27)16-25(2)30(28,29)20-10-8-18(15-23)9-11-20/h8-14,19H,3-7,16H2,1-2H3. The van der Waals surface area contributed by atoms with Crippen LogP contribution in [0, 0.1) is 18.3 Å². The first-order chi connectivity index (χ1) is 14.3. The highest BCUT2D eigenvalue weighted by Crippen LogP contribution is 2.19. The minimum atomic E-state index is -3.86. The molecule has 0 aliphatic heterocycles. The topological polar surface area (TPSA) is 95.5 Å². The van der Waals surface area contributed by atoms with E-state index in [-0.39, 0.29) is 23.4 Å². The van der Waals surface area contributed by atoms with Crippen LogP contribution in [0.15, 0.2) is 52.5 Å². The van der Waals surface area contributed by atoms with E-state index in [0.29, 0.717) is 11.1 Å². The molecule has 1 fully saturated rings. The molecule has 0 atom stereocenters. The monoisotopic (exact) mass is 426 g/mol. The summed E-state index contributed by atoms with van der Waals surface area (Å²) in [5.74, 6) is -0.371. The fourth-order valence-electron chi connectivity index (χ4n) is 3.53. The van der Waals surface area contributed by atoms with Crippen molar-refractivity contribution in [1.82, 2.24) is 8.87 Å². The quantitative estimate of drug-likeness (QED) is 0.734. The fourth-order valence-corrected chi connectivity index (χ4v) is 4.65. The van der Waals surface area contributed by atoms with Crippen molar-refractivity contribution in [3.8, 4) is 6.07 Å². The Morgan fingerprint density at radius 2 is 1.87 bits per heavy atom. The van der Waals surface area contributed by atoms with Crippen molar-refractivity contribution in [3.05, 3.63) is 59.2 Å². The number of sulfonamides is 1. The molecule has 30 heavy (non-hydrogen) atoms. The van der Waals surface area contributed by atoms with E-state index in [1.807, 2.05) is 25.1 Å². The summed E-state index contributed by atoms with van der Waals surface area (Å²) >= 11 is 0. The molecule has 0 radical (unpaired) electrons. The predicted octanol–water partition coefficient (Wildman–Crippen LogP) is 2.86. The predicted molar refractivity (Wildman–Crippen MR) is 113 cm³/mol. The summed E-state index contributed by atoms with van der Waals surface area (Å²) in [6, 6.07) is 11.5. The summed E-state index contributed by atoms with van der Waals surface area (Å²) in [5, 5.41) is 8.88. The van der Waals surface area contributed by atoms with Gasteiger partial charge in [0, 0.05) is 13.2 Å². The first-order valence-electron chi connectivity index (χ1n) is 10.0. The number of benzene rings is 1. The third-order valence-corrected chi connectivity index (χ3v) is 7.12. The van der Waals surface area contributed by atoms with Crippen LogP contribution >= 0.6 is 0 Å². The Labute approximate surface area is 177 Å². The van der Waals surface area contributed by atoms with E-state index in [1.165, 1.54) is 42.3 Å². The number of nitrogens with zero attached hydrogens (tertiary/aromatic N) is 4. The van der Waals surface area contributed by atoms with Gasteiger partial charge < -0.3 is 0 Å². The number of rotatable bonds is 5. The maximum absolute atomic E-state index is 13.0. The van der Waals surface area contributed by atoms with E-state index >= 15 is 0 Å². The fraction of sp³-hybridized carbons (Fsp3) is 0.409. The van der Waals surface area contributed by atoms with E-state index in [9.17, 15) is 13.2 Å². The molecule has 0 bridgehead atoms. The molecule has 7 nitrogen and oxygen atoms in total. The smallest absolute Gasteiger partial charge is 0.247 e. The first-order valence-corrected chi connectivity index (χ1v) is 11.5. The Hall–Kier alpha value is -2.76. The molecule has 0 saturated heterocycles. The molecule has 1 saturated carbocycles. The van der Waals surface area contributed by atoms with Crippen LogP contribution in [0.2, 0.25) is 0 Å². The number of carbonyl (C=O) groups excluding carboxylic acids is 1. The number of hydrogen-bond donors (Lipinski definition) is 0. The van der Waals surface area contributed by atoms with E-state index < -0.39 is 10.0 Å². The highest BCUT2D eigenvalue weighted by Gasteiger charge is 2.24. The summed E-state index contributed by atoms with van der Waals surface area (Å²) in [7, 11) is -2.48. The number of hydrogen-bond acceptors (Lipinski definition) is 5. The van der Waals surface area contributed by atoms with Crippen LogP contribution in [0.4, 0.5) is 0 Å². The van der Waals surface area contributed by atoms with Crippen molar-refractivity contribution in [2.45, 2.75) is 50.0 Å². The number of aromatic nitrogens is 1. The second kappa shape index (κ2) is 9.37. The zero-order valence-corrected chi connectivity index (χ0v) is 18.1. The lowest BCUT2D eigenvalue weighted by atomic mass is 9.96. The Kier molecular flexibility index (Phi) is 6.85. The highest BCUT2D eigenvalue weighted by atomic mass is 32.2. The van der Waals surface area contributed by atoms with Crippen molar-refractivity contribution in [2.75, 3.05) is 13.6 Å². The van der Waals surface area contributed by atoms with Gasteiger partial charge in [0.05, 0.1) is 29.1 Å². The van der Waals surface area contributed by atoms with Crippen LogP contribution in [0.3, 0.4) is 0 Å². The molecule has 0 N–H and O–H groups in total. The molecule has 0 amide bonds. The van der Waals surface area contributed by atoms with Gasteiger partial charge in [0.1, 0.15) is 5.49 Å². The van der Waals surface area contributed by atoms with Gasteiger partial charge in [0.25, 0.3) is 0 Å². The van der Waals surface area contributed by atoms with Gasteiger partial charge in [-0.05, 0) is 61.7 Å². The first kappa shape index (κ1) is 21.9. The Bertz CT molecular complexity index is 1120. The molecule has 1 aliphatic carbocycles. The molecule has 1 aliphatic rings. The van der Waals surface area contributed by atoms with Crippen LogP contribution < -0.4 is 5.49 Å². The second-order valence-electron chi connectivity index (χ2n) is 7.64. The van der Waals surface area contributed by atoms with Gasteiger partial charge in [-0.2, -0.15) is 9.57 Å². The zero-order valence-electron chi connectivity index (χ0n) is 17.3. The van der Waals surface area contributed by atoms with Gasteiger partial charge >= 0.3 is 0 Å². The van der Waals surface area contributed by atoms with Crippen molar-refractivity contribution in [3.63, 3.8) is 0 Å². The molecule has 1 aromatic heterocycles. The summed E-state index contributed by atoms with van der Waals surface area (Å²) in [5.41, 5.74) is 1.93. The lowest BCUT2D eigenvalue weighted by molar-refractivity contribution is 0.0886. The number of nitriles is 1. The Morgan fingerprint density at radius 1 is 1.20 bits per heavy atom. The summed E-state index contributed by atoms with van der Waals surface area (Å²) in [6.07, 6.45) is 7.17. The van der Waals surface area contributed by atoms with E-state index in [1.54, 1.807) is 6.20 Å². The van der Waals surface area contributed by atoms with Gasteiger partial charge in [-0.3, -0.25) is 14.4 Å². The lowest BCUT2D eigenvalue weighted by Crippen LogP contribution is -2.38. The molecule has 1 aromatic carbocycles. The third-order valence-electron chi connectivity index (χ3n) is 5.30. The normalized spacial score (nSPS) is 15.9. The second-order valence-corrected chi connectivity index (χ2v) is 9.69. The van der Waals surface area contributed by atoms with Crippen LogP contribution in [-0.4, -0.2) is 42.8 Å². The number of pyridine rings is 1. The van der Waals surface area contributed by atoms with Crippen LogP contribution in [0.25, 0.3) is 0 Å². The Balaban J connectivity index is 1.84. The van der Waals surface area contributed by atoms with Crippen LogP contribution in [0.5, 0.6) is 0 Å². The van der Waals surface area contributed by atoms with Gasteiger partial charge in [0.15, 0.2) is 0 Å². The molecule has 1 heterocycles. The van der Waals surface area contributed by atoms with Crippen LogP contribution in [0.1, 0.15) is 48.0 Å². The largest absolute Gasteiger partial charge is 0.273 e. The van der Waals surface area contributed by atoms with Crippen molar-refractivity contribution >= 4 is 15.9 Å². The van der Waals surface area contributed by atoms with Gasteiger partial charge in [-0.1, -0.05) is 19.3 Å². The van der Waals surface area contributed by atoms with E-state index in [0.717, 1.165) is 35.6 Å².